The molecule has 0 amide bonds. The molecule has 102 valence electrons. The Balaban J connectivity index is 1.94. The van der Waals surface area contributed by atoms with Gasteiger partial charge in [-0.1, -0.05) is 13.3 Å². The lowest BCUT2D eigenvalue weighted by molar-refractivity contribution is 0.106. The maximum atomic E-state index is 9.35. The van der Waals surface area contributed by atoms with Crippen LogP contribution in [0.4, 0.5) is 0 Å². The first kappa shape index (κ1) is 13.8. The molecule has 0 aromatic heterocycles. The quantitative estimate of drug-likeness (QED) is 0.769. The van der Waals surface area contributed by atoms with Gasteiger partial charge in [-0.05, 0) is 44.1 Å². The van der Waals surface area contributed by atoms with Gasteiger partial charge in [0.1, 0.15) is 0 Å². The van der Waals surface area contributed by atoms with Crippen molar-refractivity contribution in [3.8, 4) is 6.07 Å². The van der Waals surface area contributed by atoms with Gasteiger partial charge in [0.05, 0.1) is 18.6 Å². The van der Waals surface area contributed by atoms with Gasteiger partial charge >= 0.3 is 0 Å². The third kappa shape index (κ3) is 3.05. The van der Waals surface area contributed by atoms with Gasteiger partial charge in [-0.15, -0.1) is 0 Å². The summed E-state index contributed by atoms with van der Waals surface area (Å²) in [6.07, 6.45) is 6.09. The van der Waals surface area contributed by atoms with Crippen molar-refractivity contribution in [1.29, 1.82) is 5.26 Å². The summed E-state index contributed by atoms with van der Waals surface area (Å²) in [5.74, 6) is 1.77. The number of hydrogen-bond acceptors (Lipinski definition) is 3. The van der Waals surface area contributed by atoms with Gasteiger partial charge in [0.15, 0.2) is 0 Å². The molecule has 1 saturated heterocycles. The van der Waals surface area contributed by atoms with E-state index in [1.165, 1.54) is 25.7 Å². The molecule has 0 bridgehead atoms. The van der Waals surface area contributed by atoms with Crippen molar-refractivity contribution < 1.29 is 4.74 Å². The molecule has 4 unspecified atom stereocenters. The van der Waals surface area contributed by atoms with Crippen LogP contribution in [0.25, 0.3) is 0 Å². The average Bonchev–Trinajstić information content (AvgIpc) is 2.87. The molecular formula is C15H26N2O. The molecule has 1 aliphatic heterocycles. The average molecular weight is 250 g/mol. The number of hydrogen-bond donors (Lipinski definition) is 0. The van der Waals surface area contributed by atoms with Crippen LogP contribution in [0.2, 0.25) is 0 Å². The van der Waals surface area contributed by atoms with Crippen molar-refractivity contribution >= 4 is 0 Å². The summed E-state index contributed by atoms with van der Waals surface area (Å²) in [7, 11) is 1.79. The first-order valence-electron chi connectivity index (χ1n) is 7.41. The molecule has 1 saturated carbocycles. The Morgan fingerprint density at radius 3 is 2.78 bits per heavy atom. The van der Waals surface area contributed by atoms with E-state index in [1.807, 2.05) is 0 Å². The van der Waals surface area contributed by atoms with Crippen molar-refractivity contribution in [2.45, 2.75) is 45.1 Å². The van der Waals surface area contributed by atoms with Crippen LogP contribution in [-0.2, 0) is 4.74 Å². The molecule has 1 heterocycles. The topological polar surface area (TPSA) is 36.3 Å². The van der Waals surface area contributed by atoms with Gasteiger partial charge in [0, 0.05) is 19.7 Å². The van der Waals surface area contributed by atoms with Crippen LogP contribution in [0.15, 0.2) is 0 Å². The van der Waals surface area contributed by atoms with Crippen LogP contribution in [0, 0.1) is 29.1 Å². The molecule has 0 spiro atoms. The zero-order chi connectivity index (χ0) is 13.0. The first-order chi connectivity index (χ1) is 8.78. The van der Waals surface area contributed by atoms with E-state index in [1.54, 1.807) is 7.11 Å². The van der Waals surface area contributed by atoms with Gasteiger partial charge in [0.25, 0.3) is 0 Å². The maximum absolute atomic E-state index is 9.35. The number of likely N-dealkylation sites (tertiary alicyclic amines) is 1. The zero-order valence-corrected chi connectivity index (χ0v) is 11.8. The van der Waals surface area contributed by atoms with Crippen LogP contribution in [0.5, 0.6) is 0 Å². The zero-order valence-electron chi connectivity index (χ0n) is 11.8. The van der Waals surface area contributed by atoms with E-state index < -0.39 is 0 Å². The van der Waals surface area contributed by atoms with E-state index in [0.29, 0.717) is 12.0 Å². The van der Waals surface area contributed by atoms with Gasteiger partial charge in [0.2, 0.25) is 0 Å². The second-order valence-corrected chi connectivity index (χ2v) is 6.00. The molecule has 2 aliphatic rings. The van der Waals surface area contributed by atoms with Crippen LogP contribution < -0.4 is 0 Å². The molecule has 4 atom stereocenters. The fraction of sp³-hybridized carbons (Fsp3) is 0.933. The molecule has 3 nitrogen and oxygen atoms in total. The van der Waals surface area contributed by atoms with Crippen LogP contribution in [0.3, 0.4) is 0 Å². The SMILES string of the molecule is CCC1CCC(C#N)C(N2CCC(COC)C2)C1. The Bertz CT molecular complexity index is 299. The molecule has 0 N–H and O–H groups in total. The fourth-order valence-corrected chi connectivity index (χ4v) is 3.69. The summed E-state index contributed by atoms with van der Waals surface area (Å²) in [6.45, 7) is 5.45. The normalized spacial score (nSPS) is 37.6. The number of ether oxygens (including phenoxy) is 1. The van der Waals surface area contributed by atoms with E-state index in [0.717, 1.165) is 32.0 Å². The molecular weight excluding hydrogens is 224 g/mol. The Hall–Kier alpha value is -0.590. The molecule has 1 aliphatic carbocycles. The second kappa shape index (κ2) is 6.54. The first-order valence-corrected chi connectivity index (χ1v) is 7.41. The van der Waals surface area contributed by atoms with Crippen molar-refractivity contribution in [3.63, 3.8) is 0 Å². The molecule has 18 heavy (non-hydrogen) atoms. The van der Waals surface area contributed by atoms with Crippen molar-refractivity contribution in [2.24, 2.45) is 17.8 Å². The van der Waals surface area contributed by atoms with Crippen molar-refractivity contribution in [1.82, 2.24) is 4.90 Å². The van der Waals surface area contributed by atoms with Crippen LogP contribution >= 0.6 is 0 Å². The molecule has 2 rings (SSSR count). The third-order valence-electron chi connectivity index (χ3n) is 4.86. The molecule has 3 heteroatoms. The Labute approximate surface area is 111 Å². The summed E-state index contributed by atoms with van der Waals surface area (Å²) >= 11 is 0. The minimum absolute atomic E-state index is 0.258. The van der Waals surface area contributed by atoms with E-state index in [2.05, 4.69) is 17.9 Å². The van der Waals surface area contributed by atoms with Crippen LogP contribution in [0.1, 0.15) is 39.0 Å². The van der Waals surface area contributed by atoms with E-state index in [-0.39, 0.29) is 5.92 Å². The lowest BCUT2D eigenvalue weighted by Crippen LogP contribution is -2.43. The number of nitriles is 1. The maximum Gasteiger partial charge on any atom is 0.0672 e. The molecule has 0 aromatic carbocycles. The molecule has 2 fully saturated rings. The predicted molar refractivity (Wildman–Crippen MR) is 72.1 cm³/mol. The van der Waals surface area contributed by atoms with E-state index >= 15 is 0 Å². The monoisotopic (exact) mass is 250 g/mol. The standard InChI is InChI=1S/C15H26N2O/c1-3-12-4-5-14(9-16)15(8-12)17-7-6-13(10-17)11-18-2/h12-15H,3-8,10-11H2,1-2H3. The second-order valence-electron chi connectivity index (χ2n) is 6.00. The van der Waals surface area contributed by atoms with Crippen LogP contribution in [-0.4, -0.2) is 37.7 Å². The van der Waals surface area contributed by atoms with Gasteiger partial charge in [-0.3, -0.25) is 4.90 Å². The lowest BCUT2D eigenvalue weighted by atomic mass is 9.77. The van der Waals surface area contributed by atoms with Crippen molar-refractivity contribution in [2.75, 3.05) is 26.8 Å². The predicted octanol–water partition coefficient (Wildman–Crippen LogP) is 2.67. The third-order valence-corrected chi connectivity index (χ3v) is 4.86. The Morgan fingerprint density at radius 2 is 2.11 bits per heavy atom. The van der Waals surface area contributed by atoms with Gasteiger partial charge in [-0.2, -0.15) is 5.26 Å². The largest absolute Gasteiger partial charge is 0.384 e. The molecule has 0 aromatic rings. The highest BCUT2D eigenvalue weighted by Gasteiger charge is 2.37. The van der Waals surface area contributed by atoms with Crippen molar-refractivity contribution in [3.05, 3.63) is 0 Å². The summed E-state index contributed by atoms with van der Waals surface area (Å²) in [5.41, 5.74) is 0. The van der Waals surface area contributed by atoms with Gasteiger partial charge in [-0.25, -0.2) is 0 Å². The summed E-state index contributed by atoms with van der Waals surface area (Å²) < 4.78 is 5.27. The highest BCUT2D eigenvalue weighted by atomic mass is 16.5. The molecule has 0 radical (unpaired) electrons. The summed E-state index contributed by atoms with van der Waals surface area (Å²) in [5, 5.41) is 9.35. The van der Waals surface area contributed by atoms with E-state index in [9.17, 15) is 5.26 Å². The Morgan fingerprint density at radius 1 is 1.28 bits per heavy atom. The minimum Gasteiger partial charge on any atom is -0.384 e. The Kier molecular flexibility index (Phi) is 5.03. The lowest BCUT2D eigenvalue weighted by Gasteiger charge is -2.38. The number of rotatable bonds is 4. The smallest absolute Gasteiger partial charge is 0.0672 e. The summed E-state index contributed by atoms with van der Waals surface area (Å²) in [6, 6.07) is 3.06. The van der Waals surface area contributed by atoms with E-state index in [4.69, 9.17) is 4.74 Å². The highest BCUT2D eigenvalue weighted by molar-refractivity contribution is 4.99. The number of nitrogens with zero attached hydrogens (tertiary/aromatic N) is 2. The number of methoxy groups -OCH3 is 1. The summed E-state index contributed by atoms with van der Waals surface area (Å²) in [4.78, 5) is 2.57. The van der Waals surface area contributed by atoms with Gasteiger partial charge < -0.3 is 4.74 Å². The fourth-order valence-electron chi connectivity index (χ4n) is 3.69. The highest BCUT2D eigenvalue weighted by Crippen LogP contribution is 2.35. The minimum atomic E-state index is 0.258.